The van der Waals surface area contributed by atoms with E-state index in [1.165, 1.54) is 43.4 Å². The molecule has 0 unspecified atom stereocenters. The molecular formula is C10H14N2O2S. The largest absolute Gasteiger partial charge is 0.481 e. The van der Waals surface area contributed by atoms with Gasteiger partial charge in [0.2, 0.25) is 0 Å². The van der Waals surface area contributed by atoms with Crippen molar-refractivity contribution in [3.05, 3.63) is 10.0 Å². The highest BCUT2D eigenvalue weighted by Gasteiger charge is 2.20. The Morgan fingerprint density at radius 2 is 2.07 bits per heavy atom. The molecule has 4 nitrogen and oxygen atoms in total. The molecule has 0 saturated heterocycles. The zero-order valence-corrected chi connectivity index (χ0v) is 9.29. The number of hydrogen-bond acceptors (Lipinski definition) is 4. The molecule has 1 aliphatic rings. The van der Waals surface area contributed by atoms with Crippen LogP contribution in [0.15, 0.2) is 0 Å². The van der Waals surface area contributed by atoms with Crippen LogP contribution < -0.4 is 0 Å². The highest BCUT2D eigenvalue weighted by molar-refractivity contribution is 7.11. The Bertz CT molecular complexity index is 345. The Morgan fingerprint density at radius 1 is 1.33 bits per heavy atom. The van der Waals surface area contributed by atoms with Crippen molar-refractivity contribution in [3.8, 4) is 0 Å². The van der Waals surface area contributed by atoms with Crippen LogP contribution in [0.3, 0.4) is 0 Å². The Hall–Kier alpha value is -0.970. The molecule has 1 heterocycles. The van der Waals surface area contributed by atoms with Gasteiger partial charge in [0.1, 0.15) is 10.0 Å². The van der Waals surface area contributed by atoms with Crippen LogP contribution in [0.1, 0.15) is 48.0 Å². The van der Waals surface area contributed by atoms with E-state index in [1.807, 2.05) is 0 Å². The molecule has 1 aromatic rings. The number of hydrogen-bond donors (Lipinski definition) is 1. The molecule has 5 heteroatoms. The second-order valence-electron chi connectivity index (χ2n) is 3.94. The smallest absolute Gasteiger partial charge is 0.310 e. The second kappa shape index (κ2) is 4.70. The van der Waals surface area contributed by atoms with Gasteiger partial charge >= 0.3 is 5.97 Å². The fourth-order valence-corrected chi connectivity index (χ4v) is 2.98. The van der Waals surface area contributed by atoms with E-state index in [4.69, 9.17) is 5.11 Å². The highest BCUT2D eigenvalue weighted by Crippen LogP contribution is 2.33. The van der Waals surface area contributed by atoms with E-state index in [9.17, 15) is 4.79 Å². The van der Waals surface area contributed by atoms with E-state index >= 15 is 0 Å². The number of rotatable bonds is 3. The van der Waals surface area contributed by atoms with Gasteiger partial charge in [-0.2, -0.15) is 0 Å². The summed E-state index contributed by atoms with van der Waals surface area (Å²) in [7, 11) is 0. The number of carboxylic acid groups (broad SMARTS) is 1. The summed E-state index contributed by atoms with van der Waals surface area (Å²) in [5.74, 6) is -0.305. The number of aliphatic carboxylic acids is 1. The minimum atomic E-state index is -0.832. The van der Waals surface area contributed by atoms with E-state index in [2.05, 4.69) is 10.2 Å². The topological polar surface area (TPSA) is 63.1 Å². The molecule has 1 aliphatic carbocycles. The van der Waals surface area contributed by atoms with Crippen molar-refractivity contribution in [2.75, 3.05) is 0 Å². The summed E-state index contributed by atoms with van der Waals surface area (Å²) in [5, 5.41) is 18.3. The summed E-state index contributed by atoms with van der Waals surface area (Å²) < 4.78 is 0. The molecular weight excluding hydrogens is 212 g/mol. The predicted molar refractivity (Wildman–Crippen MR) is 57.1 cm³/mol. The van der Waals surface area contributed by atoms with Crippen LogP contribution in [-0.4, -0.2) is 21.3 Å². The first-order valence-corrected chi connectivity index (χ1v) is 6.11. The maximum Gasteiger partial charge on any atom is 0.310 e. The van der Waals surface area contributed by atoms with Crippen LogP contribution in [0, 0.1) is 0 Å². The van der Waals surface area contributed by atoms with Crippen molar-refractivity contribution in [3.63, 3.8) is 0 Å². The van der Waals surface area contributed by atoms with Gasteiger partial charge in [-0.3, -0.25) is 4.79 Å². The van der Waals surface area contributed by atoms with E-state index in [0.29, 0.717) is 10.9 Å². The third-order valence-corrected chi connectivity index (χ3v) is 3.83. The lowest BCUT2D eigenvalue weighted by Gasteiger charge is -2.18. The first-order valence-electron chi connectivity index (χ1n) is 5.30. The summed E-state index contributed by atoms with van der Waals surface area (Å²) in [6, 6.07) is 0. The van der Waals surface area contributed by atoms with Crippen LogP contribution in [0.2, 0.25) is 0 Å². The second-order valence-corrected chi connectivity index (χ2v) is 5.03. The van der Waals surface area contributed by atoms with Crippen molar-refractivity contribution in [1.82, 2.24) is 10.2 Å². The number of carboxylic acids is 1. The van der Waals surface area contributed by atoms with Gasteiger partial charge < -0.3 is 5.11 Å². The molecule has 0 aromatic carbocycles. The average molecular weight is 226 g/mol. The van der Waals surface area contributed by atoms with Gasteiger partial charge in [0, 0.05) is 5.92 Å². The first-order chi connectivity index (χ1) is 7.25. The molecule has 0 radical (unpaired) electrons. The predicted octanol–water partition coefficient (Wildman–Crippen LogP) is 2.21. The first kappa shape index (κ1) is 10.5. The molecule has 1 fully saturated rings. The van der Waals surface area contributed by atoms with E-state index in [-0.39, 0.29) is 6.42 Å². The SMILES string of the molecule is O=C(O)Cc1nnc(C2CCCCC2)s1. The maximum atomic E-state index is 10.5. The minimum Gasteiger partial charge on any atom is -0.481 e. The van der Waals surface area contributed by atoms with E-state index in [0.717, 1.165) is 5.01 Å². The summed E-state index contributed by atoms with van der Waals surface area (Å²) >= 11 is 1.46. The molecule has 82 valence electrons. The summed E-state index contributed by atoms with van der Waals surface area (Å²) in [5.41, 5.74) is 0. The molecule has 1 N–H and O–H groups in total. The fourth-order valence-electron chi connectivity index (χ4n) is 1.98. The van der Waals surface area contributed by atoms with Crippen LogP contribution in [0.4, 0.5) is 0 Å². The van der Waals surface area contributed by atoms with Gasteiger partial charge in [-0.1, -0.05) is 19.3 Å². The van der Waals surface area contributed by atoms with Gasteiger partial charge in [-0.05, 0) is 12.8 Å². The number of carbonyl (C=O) groups is 1. The molecule has 1 saturated carbocycles. The molecule has 0 bridgehead atoms. The molecule has 0 atom stereocenters. The summed E-state index contributed by atoms with van der Waals surface area (Å²) in [6.45, 7) is 0. The average Bonchev–Trinajstić information content (AvgIpc) is 2.67. The Morgan fingerprint density at radius 3 is 2.73 bits per heavy atom. The van der Waals surface area contributed by atoms with Crippen molar-refractivity contribution in [1.29, 1.82) is 0 Å². The number of nitrogens with zero attached hydrogens (tertiary/aromatic N) is 2. The quantitative estimate of drug-likeness (QED) is 0.858. The lowest BCUT2D eigenvalue weighted by atomic mass is 9.90. The normalized spacial score (nSPS) is 17.9. The zero-order chi connectivity index (χ0) is 10.7. The highest BCUT2D eigenvalue weighted by atomic mass is 32.1. The molecule has 15 heavy (non-hydrogen) atoms. The third-order valence-electron chi connectivity index (χ3n) is 2.74. The van der Waals surface area contributed by atoms with Crippen LogP contribution >= 0.6 is 11.3 Å². The van der Waals surface area contributed by atoms with Gasteiger partial charge in [-0.15, -0.1) is 21.5 Å². The standard InChI is InChI=1S/C10H14N2O2S/c13-9(14)6-8-11-12-10(15-8)7-4-2-1-3-5-7/h7H,1-6H2,(H,13,14). The fraction of sp³-hybridized carbons (Fsp3) is 0.700. The maximum absolute atomic E-state index is 10.5. The van der Waals surface area contributed by atoms with Crippen LogP contribution in [0.25, 0.3) is 0 Å². The Labute approximate surface area is 92.3 Å². The Balaban J connectivity index is 2.02. The van der Waals surface area contributed by atoms with Crippen LogP contribution in [0.5, 0.6) is 0 Å². The van der Waals surface area contributed by atoms with Crippen molar-refractivity contribution < 1.29 is 9.90 Å². The monoisotopic (exact) mass is 226 g/mol. The molecule has 1 aromatic heterocycles. The van der Waals surface area contributed by atoms with Gasteiger partial charge in [0.05, 0.1) is 6.42 Å². The van der Waals surface area contributed by atoms with Crippen molar-refractivity contribution in [2.45, 2.75) is 44.4 Å². The zero-order valence-electron chi connectivity index (χ0n) is 8.48. The number of aromatic nitrogens is 2. The van der Waals surface area contributed by atoms with Crippen molar-refractivity contribution in [2.24, 2.45) is 0 Å². The third kappa shape index (κ3) is 2.75. The van der Waals surface area contributed by atoms with Crippen molar-refractivity contribution >= 4 is 17.3 Å². The molecule has 0 aliphatic heterocycles. The Kier molecular flexibility index (Phi) is 3.30. The summed E-state index contributed by atoms with van der Waals surface area (Å²) in [6.07, 6.45) is 6.21. The summed E-state index contributed by atoms with van der Waals surface area (Å²) in [4.78, 5) is 10.5. The molecule has 2 rings (SSSR count). The van der Waals surface area contributed by atoms with E-state index < -0.39 is 5.97 Å². The lowest BCUT2D eigenvalue weighted by molar-refractivity contribution is -0.136. The van der Waals surface area contributed by atoms with Crippen LogP contribution in [-0.2, 0) is 11.2 Å². The molecule has 0 amide bonds. The minimum absolute atomic E-state index is 0.00435. The lowest BCUT2D eigenvalue weighted by Crippen LogP contribution is -2.03. The van der Waals surface area contributed by atoms with E-state index in [1.54, 1.807) is 0 Å². The van der Waals surface area contributed by atoms with Gasteiger partial charge in [-0.25, -0.2) is 0 Å². The molecule has 0 spiro atoms. The van der Waals surface area contributed by atoms with Gasteiger partial charge in [0.25, 0.3) is 0 Å². The van der Waals surface area contributed by atoms with Gasteiger partial charge in [0.15, 0.2) is 0 Å².